The second kappa shape index (κ2) is 7.21. The second-order valence-corrected chi connectivity index (χ2v) is 20.0. The molecule has 0 aliphatic carbocycles. The van der Waals surface area contributed by atoms with Crippen LogP contribution in [0.15, 0.2) is 0 Å². The molecule has 0 aromatic rings. The lowest BCUT2D eigenvalue weighted by Crippen LogP contribution is -2.62. The minimum atomic E-state index is -3.01. The van der Waals surface area contributed by atoms with Crippen molar-refractivity contribution < 1.29 is 4.80 Å². The second-order valence-electron chi connectivity index (χ2n) is 14.5. The fraction of sp³-hybridized carbons (Fsp3) is 1.00. The SMILES string of the molecule is CC(C)(C)CC(C)(C)[Si]([O])(C(C)(C)CC(C)(C)C)C(C)(C)CC(C)(C)C. The van der Waals surface area contributed by atoms with Gasteiger partial charge in [0, 0.05) is 0 Å². The van der Waals surface area contributed by atoms with Crippen LogP contribution >= 0.6 is 0 Å². The molecule has 0 unspecified atom stereocenters. The Bertz CT molecular complexity index is 395. The van der Waals surface area contributed by atoms with Gasteiger partial charge in [0.1, 0.15) is 0 Å². The van der Waals surface area contributed by atoms with Crippen LogP contribution in [0.3, 0.4) is 0 Å². The third kappa shape index (κ3) is 6.36. The maximum atomic E-state index is 15.3. The zero-order chi connectivity index (χ0) is 21.6. The summed E-state index contributed by atoms with van der Waals surface area (Å²) in [5, 5.41) is -0.516. The molecule has 26 heavy (non-hydrogen) atoms. The van der Waals surface area contributed by atoms with Crippen molar-refractivity contribution >= 4 is 8.32 Å². The van der Waals surface area contributed by atoms with Crippen LogP contribution in [0.5, 0.6) is 0 Å². The molecule has 0 atom stereocenters. The van der Waals surface area contributed by atoms with Gasteiger partial charge < -0.3 is 0 Å². The molecular formula is C24H51OSi. The number of hydrogen-bond acceptors (Lipinski definition) is 0. The first kappa shape index (κ1) is 26.2. The molecular weight excluding hydrogens is 332 g/mol. The van der Waals surface area contributed by atoms with Crippen molar-refractivity contribution in [2.24, 2.45) is 16.2 Å². The quantitative estimate of drug-likeness (QED) is 0.408. The Morgan fingerprint density at radius 3 is 0.692 bits per heavy atom. The van der Waals surface area contributed by atoms with E-state index in [9.17, 15) is 0 Å². The Morgan fingerprint density at radius 2 is 0.577 bits per heavy atom. The van der Waals surface area contributed by atoms with E-state index in [4.69, 9.17) is 0 Å². The summed E-state index contributed by atoms with van der Waals surface area (Å²) in [5.41, 5.74) is 0.505. The Kier molecular flexibility index (Phi) is 7.26. The number of rotatable bonds is 6. The fourth-order valence-electron chi connectivity index (χ4n) is 7.10. The van der Waals surface area contributed by atoms with Gasteiger partial charge in [0.2, 0.25) is 0 Å². The average molecular weight is 384 g/mol. The zero-order valence-electron chi connectivity index (χ0n) is 21.0. The Morgan fingerprint density at radius 1 is 0.423 bits per heavy atom. The van der Waals surface area contributed by atoms with Crippen LogP contribution < -0.4 is 0 Å². The van der Waals surface area contributed by atoms with E-state index in [1.807, 2.05) is 0 Å². The van der Waals surface area contributed by atoms with E-state index in [-0.39, 0.29) is 31.4 Å². The van der Waals surface area contributed by atoms with Crippen LogP contribution in [0, 0.1) is 16.2 Å². The molecule has 0 aliphatic rings. The van der Waals surface area contributed by atoms with Crippen molar-refractivity contribution in [3.05, 3.63) is 0 Å². The van der Waals surface area contributed by atoms with Crippen molar-refractivity contribution in [3.63, 3.8) is 0 Å². The highest BCUT2D eigenvalue weighted by Gasteiger charge is 2.67. The summed E-state index contributed by atoms with van der Waals surface area (Å²) in [6, 6.07) is 0. The molecule has 0 fully saturated rings. The maximum absolute atomic E-state index is 15.3. The normalized spacial score (nSPS) is 16.2. The minimum absolute atomic E-state index is 0.168. The standard InChI is InChI=1S/C24H51OSi/c1-19(2,3)16-22(10,11)26(25,23(12,13)17-20(4,5)6)24(14,15)18-21(7,8)9/h16-18H2,1-15H3. The highest BCUT2D eigenvalue weighted by Crippen LogP contribution is 2.68. The van der Waals surface area contributed by atoms with Crippen LogP contribution in [-0.2, 0) is 4.80 Å². The van der Waals surface area contributed by atoms with Gasteiger partial charge in [0.05, 0.1) is 0 Å². The van der Waals surface area contributed by atoms with Crippen molar-refractivity contribution in [2.75, 3.05) is 0 Å². The van der Waals surface area contributed by atoms with E-state index in [1.54, 1.807) is 0 Å². The van der Waals surface area contributed by atoms with Crippen molar-refractivity contribution in [1.29, 1.82) is 0 Å². The third-order valence-electron chi connectivity index (χ3n) is 5.78. The van der Waals surface area contributed by atoms with Gasteiger partial charge in [-0.25, -0.2) is 0 Å². The molecule has 0 amide bonds. The monoisotopic (exact) mass is 383 g/mol. The molecule has 0 saturated heterocycles. The zero-order valence-corrected chi connectivity index (χ0v) is 22.0. The van der Waals surface area contributed by atoms with Crippen LogP contribution in [0.4, 0.5) is 0 Å². The van der Waals surface area contributed by atoms with Gasteiger partial charge in [-0.15, -0.1) is 0 Å². The molecule has 1 radical (unpaired) electrons. The number of hydrogen-bond donors (Lipinski definition) is 0. The molecule has 0 aliphatic heterocycles. The Labute approximate surface area is 167 Å². The van der Waals surface area contributed by atoms with E-state index in [0.717, 1.165) is 19.3 Å². The lowest BCUT2D eigenvalue weighted by molar-refractivity contribution is 0.191. The molecule has 0 heterocycles. The summed E-state index contributed by atoms with van der Waals surface area (Å²) in [5.74, 6) is 0. The Hall–Kier alpha value is 0.177. The molecule has 157 valence electrons. The molecule has 0 bridgehead atoms. The fourth-order valence-corrected chi connectivity index (χ4v) is 14.9. The molecule has 0 rings (SSSR count). The van der Waals surface area contributed by atoms with Gasteiger partial charge in [-0.3, -0.25) is 4.80 Å². The first-order chi connectivity index (χ1) is 10.9. The predicted octanol–water partition coefficient (Wildman–Crippen LogP) is 9.01. The molecule has 1 nitrogen and oxygen atoms in total. The van der Waals surface area contributed by atoms with Crippen LogP contribution in [0.25, 0.3) is 0 Å². The third-order valence-corrected chi connectivity index (χ3v) is 12.0. The Balaban J connectivity index is 6.53. The van der Waals surface area contributed by atoms with Crippen molar-refractivity contribution in [2.45, 2.75) is 138 Å². The van der Waals surface area contributed by atoms with Crippen molar-refractivity contribution in [3.8, 4) is 0 Å². The van der Waals surface area contributed by atoms with E-state index in [1.165, 1.54) is 0 Å². The van der Waals surface area contributed by atoms with Gasteiger partial charge >= 0.3 is 0 Å². The smallest absolute Gasteiger partial charge is 0.254 e. The van der Waals surface area contributed by atoms with E-state index >= 15 is 4.80 Å². The average Bonchev–Trinajstić information content (AvgIpc) is 2.16. The summed E-state index contributed by atoms with van der Waals surface area (Å²) < 4.78 is 0. The van der Waals surface area contributed by atoms with Crippen LogP contribution in [0.1, 0.15) is 123 Å². The van der Waals surface area contributed by atoms with E-state index in [2.05, 4.69) is 104 Å². The first-order valence-corrected chi connectivity index (χ1v) is 12.5. The highest BCUT2D eigenvalue weighted by atomic mass is 28.4. The molecule has 0 spiro atoms. The minimum Gasteiger partial charge on any atom is -0.296 e. The predicted molar refractivity (Wildman–Crippen MR) is 121 cm³/mol. The van der Waals surface area contributed by atoms with Crippen LogP contribution in [-0.4, -0.2) is 8.32 Å². The lowest BCUT2D eigenvalue weighted by atomic mass is 9.84. The maximum Gasteiger partial charge on any atom is 0.254 e. The summed E-state index contributed by atoms with van der Waals surface area (Å²) in [4.78, 5) is 15.3. The molecule has 0 aromatic heterocycles. The molecule has 0 aromatic carbocycles. The van der Waals surface area contributed by atoms with Gasteiger partial charge in [-0.05, 0) is 50.6 Å². The molecule has 2 heteroatoms. The largest absolute Gasteiger partial charge is 0.296 e. The van der Waals surface area contributed by atoms with Gasteiger partial charge in [0.15, 0.2) is 0 Å². The summed E-state index contributed by atoms with van der Waals surface area (Å²) >= 11 is 0. The van der Waals surface area contributed by atoms with Gasteiger partial charge in [0.25, 0.3) is 8.32 Å². The first-order valence-electron chi connectivity index (χ1n) is 10.6. The summed E-state index contributed by atoms with van der Waals surface area (Å²) in [7, 11) is -3.01. The van der Waals surface area contributed by atoms with Gasteiger partial charge in [-0.1, -0.05) is 104 Å². The topological polar surface area (TPSA) is 19.9 Å². The summed E-state index contributed by atoms with van der Waals surface area (Å²) in [6.45, 7) is 34.4. The van der Waals surface area contributed by atoms with E-state index in [0.29, 0.717) is 0 Å². The highest BCUT2D eigenvalue weighted by molar-refractivity contribution is 6.80. The van der Waals surface area contributed by atoms with Crippen molar-refractivity contribution in [1.82, 2.24) is 0 Å². The summed E-state index contributed by atoms with van der Waals surface area (Å²) in [6.07, 6.45) is 2.99. The molecule has 0 N–H and O–H groups in total. The lowest BCUT2D eigenvalue weighted by Gasteiger charge is -2.59. The van der Waals surface area contributed by atoms with Crippen LogP contribution in [0.2, 0.25) is 15.1 Å². The molecule has 0 saturated carbocycles. The van der Waals surface area contributed by atoms with Gasteiger partial charge in [-0.2, -0.15) is 0 Å². The van der Waals surface area contributed by atoms with E-state index < -0.39 is 8.32 Å².